The van der Waals surface area contributed by atoms with E-state index in [1.165, 1.54) is 35.0 Å². The molecule has 2 aliphatic rings. The summed E-state index contributed by atoms with van der Waals surface area (Å²) in [6.07, 6.45) is 0.780. The van der Waals surface area contributed by atoms with Crippen molar-refractivity contribution in [3.05, 3.63) is 28.4 Å². The van der Waals surface area contributed by atoms with Crippen molar-refractivity contribution in [3.8, 4) is 0 Å². The highest BCUT2D eigenvalue weighted by Gasteiger charge is 2.53. The molecule has 0 spiro atoms. The number of β-lactam (4-membered cyclic amide) rings is 1. The molecule has 19 heteroatoms. The number of nitrogen functional groups attached to an aromatic ring is 3. The van der Waals surface area contributed by atoms with E-state index in [4.69, 9.17) is 27.1 Å². The number of anilines is 3. The Morgan fingerprint density at radius 3 is 2.73 bits per heavy atom. The third-order valence-electron chi connectivity index (χ3n) is 5.74. The fraction of sp³-hybridized carbons (Fsp3) is 0.364. The smallest absolute Gasteiger partial charge is 0.344 e. The zero-order valence-corrected chi connectivity index (χ0v) is 23.9. The maximum atomic E-state index is 13.1. The van der Waals surface area contributed by atoms with Gasteiger partial charge in [0, 0.05) is 16.9 Å². The van der Waals surface area contributed by atoms with Crippen LogP contribution in [0.5, 0.6) is 0 Å². The number of aromatic nitrogens is 3. The molecule has 0 bridgehead atoms. The fourth-order valence-electron chi connectivity index (χ4n) is 4.00. The molecule has 2 unspecified atom stereocenters. The summed E-state index contributed by atoms with van der Waals surface area (Å²) in [7, 11) is 0. The summed E-state index contributed by atoms with van der Waals surface area (Å²) in [4.78, 5) is 63.1. The molecule has 2 aliphatic heterocycles. The summed E-state index contributed by atoms with van der Waals surface area (Å²) in [5.74, 6) is -3.37. The normalized spacial score (nSPS) is 18.5. The zero-order chi connectivity index (χ0) is 29.8. The summed E-state index contributed by atoms with van der Waals surface area (Å²) in [5.41, 5.74) is 17.3. The average Bonchev–Trinajstić information content (AvgIpc) is 3.34. The third-order valence-corrected chi connectivity index (χ3v) is 8.81. The number of hydrogen-bond acceptors (Lipinski definition) is 15. The minimum absolute atomic E-state index is 0.0149. The highest BCUT2D eigenvalue weighted by atomic mass is 32.2. The van der Waals surface area contributed by atoms with Crippen LogP contribution in [-0.2, 0) is 30.6 Å². The van der Waals surface area contributed by atoms with Crippen LogP contribution < -0.4 is 32.2 Å². The number of nitrogens with one attached hydrogen (secondary N) is 1. The first-order valence-corrected chi connectivity index (χ1v) is 14.8. The molecule has 16 nitrogen and oxygen atoms in total. The molecule has 8 N–H and O–H groups in total. The number of rotatable bonds is 12. The van der Waals surface area contributed by atoms with Gasteiger partial charge in [-0.05, 0) is 23.8 Å². The van der Waals surface area contributed by atoms with Gasteiger partial charge in [0.1, 0.15) is 17.1 Å². The summed E-state index contributed by atoms with van der Waals surface area (Å²) in [6, 6.07) is 0.441. The number of hydrogen-bond donors (Lipinski definition) is 5. The molecule has 2 atom stereocenters. The Labute approximate surface area is 245 Å². The molecule has 0 aromatic carbocycles. The lowest BCUT2D eigenvalue weighted by atomic mass is 10.0. The Kier molecular flexibility index (Phi) is 9.18. The van der Waals surface area contributed by atoms with Gasteiger partial charge >= 0.3 is 11.1 Å². The number of nitrogens with zero attached hydrogens (tertiary/aromatic N) is 5. The highest BCUT2D eigenvalue weighted by molar-refractivity contribution is 8.01. The first-order valence-electron chi connectivity index (χ1n) is 11.9. The molecule has 2 amide bonds. The van der Waals surface area contributed by atoms with Gasteiger partial charge in [0.15, 0.2) is 10.8 Å². The summed E-state index contributed by atoms with van der Waals surface area (Å²) in [6.45, 7) is 1.74. The van der Waals surface area contributed by atoms with Gasteiger partial charge in [0.05, 0.1) is 24.3 Å². The van der Waals surface area contributed by atoms with Gasteiger partial charge < -0.3 is 42.4 Å². The van der Waals surface area contributed by atoms with Gasteiger partial charge in [-0.2, -0.15) is 0 Å². The highest BCUT2D eigenvalue weighted by Crippen LogP contribution is 2.41. The largest absolute Gasteiger partial charge is 0.543 e. The van der Waals surface area contributed by atoms with Crippen molar-refractivity contribution < 1.29 is 38.8 Å². The molecule has 1 fully saturated rings. The van der Waals surface area contributed by atoms with Crippen LogP contribution in [-0.4, -0.2) is 79.0 Å². The van der Waals surface area contributed by atoms with Crippen molar-refractivity contribution in [2.75, 3.05) is 35.3 Å². The first kappa shape index (κ1) is 29.9. The van der Waals surface area contributed by atoms with Crippen molar-refractivity contribution in [2.24, 2.45) is 5.16 Å². The molecular weight excluding hydrogens is 598 g/mol. The minimum Gasteiger partial charge on any atom is -0.543 e. The van der Waals surface area contributed by atoms with Crippen molar-refractivity contribution in [1.29, 1.82) is 0 Å². The zero-order valence-electron chi connectivity index (χ0n) is 21.4. The van der Waals surface area contributed by atoms with Crippen LogP contribution >= 0.6 is 34.9 Å². The second kappa shape index (κ2) is 12.6. The maximum Gasteiger partial charge on any atom is 0.344 e. The number of aliphatic carboxylic acids is 2. The monoisotopic (exact) mass is 623 g/mol. The number of oxime groups is 1. The van der Waals surface area contributed by atoms with Gasteiger partial charge in [-0.15, -0.1) is 23.1 Å². The summed E-state index contributed by atoms with van der Waals surface area (Å²) in [5, 5.41) is 28.3. The second-order valence-electron chi connectivity index (χ2n) is 8.61. The van der Waals surface area contributed by atoms with Gasteiger partial charge in [0.25, 0.3) is 11.8 Å². The molecule has 1 saturated heterocycles. The Hall–Kier alpha value is -4.10. The lowest BCUT2D eigenvalue weighted by Crippen LogP contribution is -2.71. The van der Waals surface area contributed by atoms with Gasteiger partial charge in [-0.1, -0.05) is 17.1 Å². The van der Waals surface area contributed by atoms with Crippen molar-refractivity contribution >= 4 is 81.1 Å². The minimum atomic E-state index is -1.53. The number of amides is 2. The Balaban J connectivity index is 1.51. The van der Waals surface area contributed by atoms with E-state index in [1.54, 1.807) is 4.57 Å². The van der Waals surface area contributed by atoms with Crippen LogP contribution in [0, 0.1) is 0 Å². The fourth-order valence-corrected chi connectivity index (χ4v) is 7.09. The van der Waals surface area contributed by atoms with E-state index < -0.39 is 47.5 Å². The van der Waals surface area contributed by atoms with E-state index in [-0.39, 0.29) is 33.8 Å². The van der Waals surface area contributed by atoms with E-state index in [1.807, 2.05) is 6.92 Å². The molecule has 4 heterocycles. The van der Waals surface area contributed by atoms with Crippen LogP contribution in [0.1, 0.15) is 19.0 Å². The number of thiazole rings is 1. The molecule has 4 rings (SSSR count). The van der Waals surface area contributed by atoms with Crippen LogP contribution in [0.3, 0.4) is 0 Å². The van der Waals surface area contributed by atoms with Crippen LogP contribution in [0.25, 0.3) is 0 Å². The average molecular weight is 624 g/mol. The van der Waals surface area contributed by atoms with Crippen LogP contribution in [0.4, 0.5) is 16.8 Å². The molecule has 41 heavy (non-hydrogen) atoms. The molecule has 0 aliphatic carbocycles. The number of thioether (sulfide) groups is 2. The van der Waals surface area contributed by atoms with Crippen molar-refractivity contribution in [2.45, 2.75) is 36.5 Å². The second-order valence-corrected chi connectivity index (χ2v) is 11.5. The third kappa shape index (κ3) is 6.46. The van der Waals surface area contributed by atoms with E-state index >= 15 is 0 Å². The molecule has 2 aromatic rings. The number of carboxylic acids is 2. The molecule has 0 saturated carbocycles. The lowest BCUT2D eigenvalue weighted by Gasteiger charge is -2.50. The van der Waals surface area contributed by atoms with Crippen LogP contribution in [0.15, 0.2) is 33.0 Å². The van der Waals surface area contributed by atoms with E-state index in [9.17, 15) is 24.3 Å². The quantitative estimate of drug-likeness (QED) is 0.0427. The van der Waals surface area contributed by atoms with E-state index in [0.29, 0.717) is 23.1 Å². The Morgan fingerprint density at radius 2 is 2.10 bits per heavy atom. The molecule has 2 aromatic heterocycles. The standard InChI is InChI=1S/C22H25N9O7S3/c1-2-3-30-12(24)4-11(23)27-22(30)41-7-9-6-39-19-15(18(35)31(19)16(9)20(36)37)28-17(34)14(29-38-5-13(32)33)10-8-40-21(25)26-10/h4,8,15,19H,2-3,5-7H2,1H3,(H8,23,24,25,26,28,32,33,34,36,37)/b29-14-. The Bertz CT molecular complexity index is 1460. The van der Waals surface area contributed by atoms with Gasteiger partial charge in [0.2, 0.25) is 18.2 Å². The van der Waals surface area contributed by atoms with Crippen molar-refractivity contribution in [1.82, 2.24) is 20.2 Å². The number of carboxylic acid groups (broad SMARTS) is 2. The predicted octanol–water partition coefficient (Wildman–Crippen LogP) is -2.02. The predicted molar refractivity (Wildman–Crippen MR) is 148 cm³/mol. The first-order chi connectivity index (χ1) is 19.5. The molecule has 0 radical (unpaired) electrons. The summed E-state index contributed by atoms with van der Waals surface area (Å²) < 4.78 is 1.77. The van der Waals surface area contributed by atoms with E-state index in [2.05, 4.69) is 20.4 Å². The Morgan fingerprint density at radius 1 is 1.34 bits per heavy atom. The number of nitrogens with two attached hydrogens (primary N) is 3. The molecular formula is C22H25N9O7S3. The van der Waals surface area contributed by atoms with Crippen molar-refractivity contribution in [3.63, 3.8) is 0 Å². The lowest BCUT2D eigenvalue weighted by molar-refractivity contribution is -0.723. The van der Waals surface area contributed by atoms with E-state index in [0.717, 1.165) is 22.7 Å². The van der Waals surface area contributed by atoms with Crippen LogP contribution in [0.2, 0.25) is 0 Å². The number of fused-ring (bicyclic) bond motifs is 1. The van der Waals surface area contributed by atoms with Gasteiger partial charge in [-0.3, -0.25) is 14.5 Å². The topological polar surface area (TPSA) is 256 Å². The van der Waals surface area contributed by atoms with Gasteiger partial charge in [-0.25, -0.2) is 14.3 Å². The SMILES string of the molecule is CCC[n+]1c(N)cc(N)nc1SCC1=C(C(=O)[O-])N2C(=O)C(NC(=O)/C(=N\OCC(=O)O)c3csc(N)n3)C2SC1. The summed E-state index contributed by atoms with van der Waals surface area (Å²) >= 11 is 3.50. The number of carbonyl (C=O) groups is 4. The maximum absolute atomic E-state index is 13.1. The molecule has 218 valence electrons. The number of carbonyl (C=O) groups excluding carboxylic acids is 3.